The SMILES string of the molecule is Cc1ncc([I-]Cc2ccc(I)nn2)cn1. The fraction of sp³-hybridized carbons (Fsp3) is 0.200. The third-order valence-corrected chi connectivity index (χ3v) is 4.97. The van der Waals surface area contributed by atoms with Gasteiger partial charge in [0.2, 0.25) is 0 Å². The van der Waals surface area contributed by atoms with Crippen LogP contribution in [0.15, 0.2) is 24.5 Å². The van der Waals surface area contributed by atoms with E-state index in [2.05, 4.69) is 42.8 Å². The number of aromatic nitrogens is 4. The van der Waals surface area contributed by atoms with Crippen LogP contribution in [0, 0.1) is 14.2 Å². The monoisotopic (exact) mass is 439 g/mol. The number of hydrogen-bond donors (Lipinski definition) is 0. The number of alkyl halides is 1. The molecule has 0 aliphatic rings. The summed E-state index contributed by atoms with van der Waals surface area (Å²) in [5.41, 5.74) is 1.05. The second kappa shape index (κ2) is 5.80. The van der Waals surface area contributed by atoms with E-state index in [-0.39, 0.29) is 21.2 Å². The van der Waals surface area contributed by atoms with Gasteiger partial charge in [-0.15, -0.1) is 0 Å². The quantitative estimate of drug-likeness (QED) is 0.438. The third-order valence-electron chi connectivity index (χ3n) is 1.79. The molecule has 6 heteroatoms. The summed E-state index contributed by atoms with van der Waals surface area (Å²) < 4.78 is 3.15. The van der Waals surface area contributed by atoms with E-state index in [1.54, 1.807) is 0 Å². The summed E-state index contributed by atoms with van der Waals surface area (Å²) in [6.45, 7) is 1.90. The van der Waals surface area contributed by atoms with E-state index in [4.69, 9.17) is 0 Å². The molecule has 0 amide bonds. The summed E-state index contributed by atoms with van der Waals surface area (Å²) in [4.78, 5) is 8.37. The van der Waals surface area contributed by atoms with Crippen molar-refractivity contribution in [2.45, 2.75) is 11.4 Å². The molecular formula is C10H9I2N4-. The molecule has 0 radical (unpaired) electrons. The first-order valence-corrected chi connectivity index (χ1v) is 8.28. The third kappa shape index (κ3) is 3.58. The normalized spacial score (nSPS) is 10.6. The number of halogens is 2. The van der Waals surface area contributed by atoms with Crippen LogP contribution >= 0.6 is 22.6 Å². The topological polar surface area (TPSA) is 51.6 Å². The van der Waals surface area contributed by atoms with E-state index >= 15 is 0 Å². The van der Waals surface area contributed by atoms with E-state index in [0.29, 0.717) is 0 Å². The van der Waals surface area contributed by atoms with Crippen LogP contribution in [0.1, 0.15) is 11.5 Å². The van der Waals surface area contributed by atoms with Gasteiger partial charge in [-0.3, -0.25) is 0 Å². The van der Waals surface area contributed by atoms with Crippen molar-refractivity contribution in [3.05, 3.63) is 43.3 Å². The molecule has 2 heterocycles. The average molecular weight is 439 g/mol. The van der Waals surface area contributed by atoms with Gasteiger partial charge >= 0.3 is 119 Å². The molecule has 0 saturated carbocycles. The Morgan fingerprint density at radius 3 is 2.56 bits per heavy atom. The van der Waals surface area contributed by atoms with Crippen molar-refractivity contribution in [2.24, 2.45) is 0 Å². The second-order valence-corrected chi connectivity index (χ2v) is 6.94. The predicted molar refractivity (Wildman–Crippen MR) is 63.9 cm³/mol. The summed E-state index contributed by atoms with van der Waals surface area (Å²) in [6, 6.07) is 4.02. The first-order valence-electron chi connectivity index (χ1n) is 4.60. The molecule has 0 aliphatic heterocycles. The van der Waals surface area contributed by atoms with Crippen molar-refractivity contribution in [1.29, 1.82) is 0 Å². The van der Waals surface area contributed by atoms with Gasteiger partial charge in [-0.1, -0.05) is 0 Å². The fourth-order valence-corrected chi connectivity index (χ4v) is 3.20. The molecule has 0 unspecified atom stereocenters. The van der Waals surface area contributed by atoms with Crippen LogP contribution < -0.4 is 21.2 Å². The van der Waals surface area contributed by atoms with Crippen LogP contribution in [-0.2, 0) is 4.43 Å². The van der Waals surface area contributed by atoms with Crippen molar-refractivity contribution < 1.29 is 21.2 Å². The average Bonchev–Trinajstić information content (AvgIpc) is 2.30. The van der Waals surface area contributed by atoms with E-state index in [0.717, 1.165) is 19.6 Å². The zero-order chi connectivity index (χ0) is 11.4. The van der Waals surface area contributed by atoms with Crippen LogP contribution in [0.4, 0.5) is 0 Å². The number of hydrogen-bond acceptors (Lipinski definition) is 4. The van der Waals surface area contributed by atoms with Crippen LogP contribution in [-0.4, -0.2) is 20.2 Å². The van der Waals surface area contributed by atoms with Gasteiger partial charge in [0.1, 0.15) is 0 Å². The minimum absolute atomic E-state index is 0.105. The number of nitrogens with zero attached hydrogens (tertiary/aromatic N) is 4. The van der Waals surface area contributed by atoms with Gasteiger partial charge in [0.15, 0.2) is 0 Å². The Labute approximate surface area is 118 Å². The van der Waals surface area contributed by atoms with Crippen molar-refractivity contribution >= 4 is 22.6 Å². The fourth-order valence-electron chi connectivity index (χ4n) is 1.01. The molecule has 4 nitrogen and oxygen atoms in total. The van der Waals surface area contributed by atoms with Gasteiger partial charge in [0, 0.05) is 0 Å². The molecule has 0 aromatic carbocycles. The molecule has 0 N–H and O–H groups in total. The van der Waals surface area contributed by atoms with Gasteiger partial charge in [-0.05, 0) is 0 Å². The Balaban J connectivity index is 1.97. The van der Waals surface area contributed by atoms with Crippen LogP contribution in [0.5, 0.6) is 0 Å². The Bertz CT molecular complexity index is 410. The maximum absolute atomic E-state index is 4.18. The zero-order valence-electron chi connectivity index (χ0n) is 8.56. The van der Waals surface area contributed by atoms with Gasteiger partial charge in [0.05, 0.1) is 0 Å². The van der Waals surface area contributed by atoms with Gasteiger partial charge < -0.3 is 0 Å². The molecule has 0 bridgehead atoms. The Hall–Kier alpha value is -0.380. The van der Waals surface area contributed by atoms with Crippen LogP contribution in [0.2, 0.25) is 0 Å². The number of rotatable bonds is 3. The van der Waals surface area contributed by atoms with Gasteiger partial charge in [-0.2, -0.15) is 0 Å². The maximum atomic E-state index is 4.18. The predicted octanol–water partition coefficient (Wildman–Crippen LogP) is -1.36. The second-order valence-electron chi connectivity index (χ2n) is 3.06. The first-order chi connectivity index (χ1) is 7.74. The summed E-state index contributed by atoms with van der Waals surface area (Å²) in [5.74, 6) is 0.821. The molecule has 2 rings (SSSR count). The van der Waals surface area contributed by atoms with Crippen LogP contribution in [0.3, 0.4) is 0 Å². The summed E-state index contributed by atoms with van der Waals surface area (Å²) in [6.07, 6.45) is 3.82. The van der Waals surface area contributed by atoms with Gasteiger partial charge in [0.25, 0.3) is 0 Å². The van der Waals surface area contributed by atoms with Crippen LogP contribution in [0.25, 0.3) is 0 Å². The van der Waals surface area contributed by atoms with Crippen molar-refractivity contribution in [2.75, 3.05) is 0 Å². The zero-order valence-corrected chi connectivity index (χ0v) is 12.9. The molecule has 0 atom stereocenters. The van der Waals surface area contributed by atoms with Crippen molar-refractivity contribution in [1.82, 2.24) is 20.2 Å². The Morgan fingerprint density at radius 2 is 1.94 bits per heavy atom. The molecule has 0 saturated heterocycles. The molecule has 0 spiro atoms. The standard InChI is InChI=1S/C10H9I2N4/c1-7-13-5-8(6-14-7)12-4-9-2-3-10(11)16-15-9/h2-3,5-6H,4H2,1H3/q-1. The van der Waals surface area contributed by atoms with Gasteiger partial charge in [-0.25, -0.2) is 0 Å². The summed E-state index contributed by atoms with van der Waals surface area (Å²) >= 11 is 2.05. The summed E-state index contributed by atoms with van der Waals surface area (Å²) in [7, 11) is 0. The van der Waals surface area contributed by atoms with Crippen molar-refractivity contribution in [3.8, 4) is 0 Å². The molecule has 0 aliphatic carbocycles. The molecule has 16 heavy (non-hydrogen) atoms. The molecule has 2 aromatic rings. The van der Waals surface area contributed by atoms with E-state index in [1.165, 1.54) is 3.57 Å². The van der Waals surface area contributed by atoms with E-state index in [1.807, 2.05) is 31.5 Å². The number of aryl methyl sites for hydroxylation is 1. The Morgan fingerprint density at radius 1 is 1.19 bits per heavy atom. The molecule has 2 aromatic heterocycles. The van der Waals surface area contributed by atoms with Crippen molar-refractivity contribution in [3.63, 3.8) is 0 Å². The molecule has 84 valence electrons. The molecule has 0 fully saturated rings. The molecular weight excluding hydrogens is 430 g/mol. The van der Waals surface area contributed by atoms with E-state index < -0.39 is 0 Å². The first kappa shape index (κ1) is 12.1. The Kier molecular flexibility index (Phi) is 4.38. The van der Waals surface area contributed by atoms with E-state index in [9.17, 15) is 0 Å². The minimum atomic E-state index is -0.105. The summed E-state index contributed by atoms with van der Waals surface area (Å²) in [5, 5.41) is 8.17.